The molecule has 1 heterocycles. The highest BCUT2D eigenvalue weighted by Crippen LogP contribution is 2.24. The fraction of sp³-hybridized carbons (Fsp3) is 0.615. The van der Waals surface area contributed by atoms with Gasteiger partial charge in [0, 0.05) is 5.92 Å². The monoisotopic (exact) mass is 250 g/mol. The smallest absolute Gasteiger partial charge is 0.435 e. The quantitative estimate of drug-likeness (QED) is 0.715. The minimum absolute atomic E-state index is 0.0498. The van der Waals surface area contributed by atoms with Gasteiger partial charge in [0.15, 0.2) is 0 Å². The lowest BCUT2D eigenvalue weighted by molar-refractivity contribution is -0.111. The summed E-state index contributed by atoms with van der Waals surface area (Å²) in [5.41, 5.74) is 1.32. The number of carbonyl (C=O) groups excluding carboxylic acids is 2. The average Bonchev–Trinajstić information content (AvgIpc) is 2.69. The Bertz CT molecular complexity index is 471. The number of nitrogens with zero attached hydrogens (tertiary/aromatic N) is 2. The zero-order valence-electron chi connectivity index (χ0n) is 11.0. The summed E-state index contributed by atoms with van der Waals surface area (Å²) in [5.74, 6) is 0.0498. The van der Waals surface area contributed by atoms with Gasteiger partial charge in [-0.1, -0.05) is 0 Å². The lowest BCUT2D eigenvalue weighted by Gasteiger charge is -2.21. The highest BCUT2D eigenvalue weighted by atomic mass is 16.6. The number of carbonyl (C=O) groups is 2. The van der Waals surface area contributed by atoms with Gasteiger partial charge in [-0.15, -0.1) is 0 Å². The van der Waals surface area contributed by atoms with E-state index in [2.05, 4.69) is 5.10 Å². The molecule has 5 nitrogen and oxygen atoms in total. The SMILES string of the molecule is CC(C)(C)OC(=O)n1ncc2c1CCC(C=O)C2. The van der Waals surface area contributed by atoms with Gasteiger partial charge in [-0.05, 0) is 45.6 Å². The van der Waals surface area contributed by atoms with Crippen molar-refractivity contribution < 1.29 is 14.3 Å². The second-order valence-corrected chi connectivity index (χ2v) is 5.65. The minimum atomic E-state index is -0.532. The predicted octanol–water partition coefficient (Wildman–Crippen LogP) is 1.97. The van der Waals surface area contributed by atoms with Crippen molar-refractivity contribution in [2.45, 2.75) is 45.6 Å². The van der Waals surface area contributed by atoms with Crippen LogP contribution in [0.3, 0.4) is 0 Å². The Balaban J connectivity index is 2.20. The van der Waals surface area contributed by atoms with E-state index in [0.29, 0.717) is 12.8 Å². The Morgan fingerprint density at radius 2 is 2.28 bits per heavy atom. The molecule has 5 heteroatoms. The first-order valence-electron chi connectivity index (χ1n) is 6.15. The van der Waals surface area contributed by atoms with E-state index in [1.54, 1.807) is 6.20 Å². The normalized spacial score (nSPS) is 19.2. The molecule has 0 spiro atoms. The van der Waals surface area contributed by atoms with Crippen molar-refractivity contribution in [3.63, 3.8) is 0 Å². The molecule has 0 saturated carbocycles. The maximum atomic E-state index is 12.0. The van der Waals surface area contributed by atoms with E-state index in [0.717, 1.165) is 24.0 Å². The van der Waals surface area contributed by atoms with Crippen LogP contribution in [0.15, 0.2) is 6.20 Å². The van der Waals surface area contributed by atoms with Crippen LogP contribution in [-0.4, -0.2) is 27.8 Å². The number of ether oxygens (including phenoxy) is 1. The van der Waals surface area contributed by atoms with Crippen molar-refractivity contribution in [3.05, 3.63) is 17.5 Å². The van der Waals surface area contributed by atoms with Gasteiger partial charge in [-0.25, -0.2) is 4.79 Å². The predicted molar refractivity (Wildman–Crippen MR) is 65.4 cm³/mol. The van der Waals surface area contributed by atoms with E-state index in [4.69, 9.17) is 4.74 Å². The Kier molecular flexibility index (Phi) is 3.24. The molecule has 0 fully saturated rings. The van der Waals surface area contributed by atoms with Gasteiger partial charge < -0.3 is 9.53 Å². The van der Waals surface area contributed by atoms with Crippen molar-refractivity contribution in [2.75, 3.05) is 0 Å². The number of rotatable bonds is 1. The Hall–Kier alpha value is -1.65. The van der Waals surface area contributed by atoms with Crippen LogP contribution in [0.4, 0.5) is 4.79 Å². The molecule has 1 atom stereocenters. The van der Waals surface area contributed by atoms with Crippen molar-refractivity contribution in [2.24, 2.45) is 5.92 Å². The van der Waals surface area contributed by atoms with Crippen LogP contribution in [0.25, 0.3) is 0 Å². The Labute approximate surface area is 106 Å². The molecule has 0 bridgehead atoms. The third-order valence-electron chi connectivity index (χ3n) is 2.95. The largest absolute Gasteiger partial charge is 0.442 e. The van der Waals surface area contributed by atoms with Crippen molar-refractivity contribution in [1.29, 1.82) is 0 Å². The molecule has 0 saturated heterocycles. The summed E-state index contributed by atoms with van der Waals surface area (Å²) in [4.78, 5) is 22.7. The van der Waals surface area contributed by atoms with E-state index in [9.17, 15) is 9.59 Å². The highest BCUT2D eigenvalue weighted by molar-refractivity contribution is 5.71. The molecule has 18 heavy (non-hydrogen) atoms. The summed E-state index contributed by atoms with van der Waals surface area (Å²) in [6.07, 6.45) is 4.32. The minimum Gasteiger partial charge on any atom is -0.442 e. The maximum absolute atomic E-state index is 12.0. The van der Waals surface area contributed by atoms with Crippen molar-refractivity contribution in [1.82, 2.24) is 9.78 Å². The van der Waals surface area contributed by atoms with Gasteiger partial charge in [0.05, 0.1) is 11.9 Å². The molecule has 1 aliphatic rings. The molecule has 1 unspecified atom stereocenters. The van der Waals surface area contributed by atoms with Crippen molar-refractivity contribution in [3.8, 4) is 0 Å². The summed E-state index contributed by atoms with van der Waals surface area (Å²) < 4.78 is 6.61. The number of hydrogen-bond donors (Lipinski definition) is 0. The van der Waals surface area contributed by atoms with E-state index >= 15 is 0 Å². The van der Waals surface area contributed by atoms with Crippen LogP contribution in [0, 0.1) is 5.92 Å². The van der Waals surface area contributed by atoms with Gasteiger partial charge in [0.1, 0.15) is 11.9 Å². The van der Waals surface area contributed by atoms with Crippen LogP contribution in [0.1, 0.15) is 38.4 Å². The second-order valence-electron chi connectivity index (χ2n) is 5.65. The van der Waals surface area contributed by atoms with E-state index in [1.165, 1.54) is 4.68 Å². The molecule has 0 radical (unpaired) electrons. The highest BCUT2D eigenvalue weighted by Gasteiger charge is 2.26. The standard InChI is InChI=1S/C13H18N2O3/c1-13(2,3)18-12(17)15-11-5-4-9(8-16)6-10(11)7-14-15/h7-9H,4-6H2,1-3H3. The third kappa shape index (κ3) is 2.60. The van der Waals surface area contributed by atoms with Gasteiger partial charge in [0.2, 0.25) is 0 Å². The number of fused-ring (bicyclic) bond motifs is 1. The van der Waals surface area contributed by atoms with Crippen LogP contribution < -0.4 is 0 Å². The van der Waals surface area contributed by atoms with Crippen LogP contribution in [0.5, 0.6) is 0 Å². The van der Waals surface area contributed by atoms with E-state index in [1.807, 2.05) is 20.8 Å². The fourth-order valence-electron chi connectivity index (χ4n) is 2.13. The summed E-state index contributed by atoms with van der Waals surface area (Å²) in [5, 5.41) is 4.08. The third-order valence-corrected chi connectivity index (χ3v) is 2.95. The van der Waals surface area contributed by atoms with E-state index in [-0.39, 0.29) is 5.92 Å². The molecule has 98 valence electrons. The van der Waals surface area contributed by atoms with Crippen molar-refractivity contribution >= 4 is 12.4 Å². The summed E-state index contributed by atoms with van der Waals surface area (Å²) in [6, 6.07) is 0. The molecular weight excluding hydrogens is 232 g/mol. The van der Waals surface area contributed by atoms with Gasteiger partial charge in [-0.2, -0.15) is 9.78 Å². The molecule has 1 aromatic rings. The molecular formula is C13H18N2O3. The first kappa shape index (κ1) is 12.8. The fourth-order valence-corrected chi connectivity index (χ4v) is 2.13. The Morgan fingerprint density at radius 3 is 2.89 bits per heavy atom. The molecule has 1 aliphatic carbocycles. The first-order valence-corrected chi connectivity index (χ1v) is 6.15. The van der Waals surface area contributed by atoms with Crippen LogP contribution >= 0.6 is 0 Å². The lowest BCUT2D eigenvalue weighted by Crippen LogP contribution is -2.29. The number of aromatic nitrogens is 2. The van der Waals surface area contributed by atoms with Crippen LogP contribution in [-0.2, 0) is 22.4 Å². The van der Waals surface area contributed by atoms with Gasteiger partial charge in [-0.3, -0.25) is 0 Å². The topological polar surface area (TPSA) is 61.2 Å². The summed E-state index contributed by atoms with van der Waals surface area (Å²) >= 11 is 0. The number of aldehydes is 1. The molecule has 0 N–H and O–H groups in total. The van der Waals surface area contributed by atoms with Gasteiger partial charge in [0.25, 0.3) is 0 Å². The van der Waals surface area contributed by atoms with Crippen LogP contribution in [0.2, 0.25) is 0 Å². The average molecular weight is 250 g/mol. The zero-order valence-corrected chi connectivity index (χ0v) is 11.0. The molecule has 0 amide bonds. The van der Waals surface area contributed by atoms with Gasteiger partial charge >= 0.3 is 6.09 Å². The van der Waals surface area contributed by atoms with E-state index < -0.39 is 11.7 Å². The molecule has 0 aromatic carbocycles. The molecule has 1 aromatic heterocycles. The second kappa shape index (κ2) is 4.55. The molecule has 0 aliphatic heterocycles. The maximum Gasteiger partial charge on any atom is 0.435 e. The summed E-state index contributed by atoms with van der Waals surface area (Å²) in [6.45, 7) is 5.47. The zero-order chi connectivity index (χ0) is 13.3. The number of hydrogen-bond acceptors (Lipinski definition) is 4. The molecule has 2 rings (SSSR count). The Morgan fingerprint density at radius 1 is 1.56 bits per heavy atom. The first-order chi connectivity index (χ1) is 8.40. The lowest BCUT2D eigenvalue weighted by atomic mass is 9.89. The summed E-state index contributed by atoms with van der Waals surface area (Å²) in [7, 11) is 0.